The van der Waals surface area contributed by atoms with Crippen LogP contribution in [0.1, 0.15) is 27.8 Å². The van der Waals surface area contributed by atoms with Gasteiger partial charge in [-0.15, -0.1) is 0 Å². The van der Waals surface area contributed by atoms with Crippen molar-refractivity contribution in [1.29, 1.82) is 0 Å². The molecule has 0 saturated carbocycles. The number of rotatable bonds is 4. The smallest absolute Gasteiger partial charge is 0.124 e. The highest BCUT2D eigenvalue weighted by molar-refractivity contribution is 9.10. The van der Waals surface area contributed by atoms with Crippen molar-refractivity contribution in [1.82, 2.24) is 0 Å². The summed E-state index contributed by atoms with van der Waals surface area (Å²) in [4.78, 5) is 0. The van der Waals surface area contributed by atoms with E-state index >= 15 is 0 Å². The molecule has 2 nitrogen and oxygen atoms in total. The monoisotopic (exact) mass is 333 g/mol. The van der Waals surface area contributed by atoms with Gasteiger partial charge in [0.2, 0.25) is 0 Å². The Hall–Kier alpha value is -1.32. The molecule has 20 heavy (non-hydrogen) atoms. The van der Waals surface area contributed by atoms with Crippen LogP contribution in [-0.4, -0.2) is 0 Å². The summed E-state index contributed by atoms with van der Waals surface area (Å²) in [6, 6.07) is 10.3. The minimum absolute atomic E-state index is 0.473. The molecule has 0 unspecified atom stereocenters. The summed E-state index contributed by atoms with van der Waals surface area (Å²) in [5.41, 5.74) is 11.9. The van der Waals surface area contributed by atoms with Crippen LogP contribution in [0.3, 0.4) is 0 Å². The van der Waals surface area contributed by atoms with Gasteiger partial charge >= 0.3 is 0 Å². The number of aryl methyl sites for hydroxylation is 3. The molecule has 0 amide bonds. The van der Waals surface area contributed by atoms with E-state index in [1.54, 1.807) is 0 Å². The molecule has 0 atom stereocenters. The van der Waals surface area contributed by atoms with E-state index < -0.39 is 0 Å². The van der Waals surface area contributed by atoms with Crippen molar-refractivity contribution in [3.05, 3.63) is 62.6 Å². The molecule has 2 rings (SSSR count). The Bertz CT molecular complexity index is 599. The zero-order valence-electron chi connectivity index (χ0n) is 12.2. The van der Waals surface area contributed by atoms with Crippen molar-refractivity contribution in [2.24, 2.45) is 5.73 Å². The Kier molecular flexibility index (Phi) is 4.84. The Morgan fingerprint density at radius 3 is 2.30 bits per heavy atom. The number of benzene rings is 2. The molecule has 106 valence electrons. The van der Waals surface area contributed by atoms with Crippen molar-refractivity contribution >= 4 is 15.9 Å². The van der Waals surface area contributed by atoms with Gasteiger partial charge in [0.05, 0.1) is 0 Å². The molecule has 0 aliphatic heterocycles. The maximum absolute atomic E-state index is 5.97. The fraction of sp³-hybridized carbons (Fsp3) is 0.294. The molecule has 0 bridgehead atoms. The standard InChI is InChI=1S/C17H20BrNO/c1-11-6-12(2)16(13(3)7-11)10-20-17-5-4-15(18)8-14(17)9-19/h4-8H,9-10,19H2,1-3H3. The third-order valence-corrected chi connectivity index (χ3v) is 3.95. The van der Waals surface area contributed by atoms with Crippen LogP contribution in [-0.2, 0) is 13.2 Å². The van der Waals surface area contributed by atoms with Crippen LogP contribution in [0, 0.1) is 20.8 Å². The average Bonchev–Trinajstić information content (AvgIpc) is 2.38. The lowest BCUT2D eigenvalue weighted by Gasteiger charge is -2.15. The maximum atomic E-state index is 5.97. The van der Waals surface area contributed by atoms with Crippen LogP contribution >= 0.6 is 15.9 Å². The molecule has 0 radical (unpaired) electrons. The lowest BCUT2D eigenvalue weighted by molar-refractivity contribution is 0.301. The molecule has 2 N–H and O–H groups in total. The van der Waals surface area contributed by atoms with Crippen LogP contribution < -0.4 is 10.5 Å². The van der Waals surface area contributed by atoms with Crippen molar-refractivity contribution in [3.8, 4) is 5.75 Å². The molecule has 0 spiro atoms. The molecule has 0 fully saturated rings. The number of ether oxygens (including phenoxy) is 1. The van der Waals surface area contributed by atoms with Gasteiger partial charge in [0, 0.05) is 16.6 Å². The number of halogens is 1. The summed E-state index contributed by atoms with van der Waals surface area (Å²) in [5, 5.41) is 0. The van der Waals surface area contributed by atoms with Gasteiger partial charge in [-0.3, -0.25) is 0 Å². The normalized spacial score (nSPS) is 10.7. The molecule has 0 aliphatic rings. The molecule has 0 heterocycles. The first-order valence-electron chi connectivity index (χ1n) is 6.69. The maximum Gasteiger partial charge on any atom is 0.124 e. The minimum atomic E-state index is 0.473. The summed E-state index contributed by atoms with van der Waals surface area (Å²) >= 11 is 3.45. The molecule has 0 aliphatic carbocycles. The third kappa shape index (κ3) is 3.41. The van der Waals surface area contributed by atoms with Crippen LogP contribution in [0.5, 0.6) is 5.75 Å². The highest BCUT2D eigenvalue weighted by Gasteiger charge is 2.07. The third-order valence-electron chi connectivity index (χ3n) is 3.45. The molecule has 0 aromatic heterocycles. The van der Waals surface area contributed by atoms with Crippen LogP contribution in [0.15, 0.2) is 34.8 Å². The Morgan fingerprint density at radius 1 is 1.05 bits per heavy atom. The minimum Gasteiger partial charge on any atom is -0.489 e. The summed E-state index contributed by atoms with van der Waals surface area (Å²) in [7, 11) is 0. The molecule has 0 saturated heterocycles. The molecular formula is C17H20BrNO. The number of hydrogen-bond acceptors (Lipinski definition) is 2. The van der Waals surface area contributed by atoms with Gasteiger partial charge in [-0.25, -0.2) is 0 Å². The quantitative estimate of drug-likeness (QED) is 0.899. The summed E-state index contributed by atoms with van der Waals surface area (Å²) in [6.07, 6.45) is 0. The van der Waals surface area contributed by atoms with Gasteiger partial charge in [-0.05, 0) is 55.7 Å². The largest absolute Gasteiger partial charge is 0.489 e. The summed E-state index contributed by atoms with van der Waals surface area (Å²) in [6.45, 7) is 7.42. The zero-order valence-corrected chi connectivity index (χ0v) is 13.8. The van der Waals surface area contributed by atoms with Crippen LogP contribution in [0.4, 0.5) is 0 Å². The van der Waals surface area contributed by atoms with E-state index in [1.807, 2.05) is 18.2 Å². The van der Waals surface area contributed by atoms with E-state index in [4.69, 9.17) is 10.5 Å². The fourth-order valence-corrected chi connectivity index (χ4v) is 2.84. The van der Waals surface area contributed by atoms with E-state index in [2.05, 4.69) is 48.8 Å². The van der Waals surface area contributed by atoms with E-state index in [9.17, 15) is 0 Å². The molecule has 2 aromatic carbocycles. The SMILES string of the molecule is Cc1cc(C)c(COc2ccc(Br)cc2CN)c(C)c1. The van der Waals surface area contributed by atoms with Crippen molar-refractivity contribution < 1.29 is 4.74 Å². The second kappa shape index (κ2) is 6.42. The van der Waals surface area contributed by atoms with Crippen molar-refractivity contribution in [3.63, 3.8) is 0 Å². The first kappa shape index (κ1) is 15.1. The van der Waals surface area contributed by atoms with Crippen LogP contribution in [0.2, 0.25) is 0 Å². The molecule has 3 heteroatoms. The number of hydrogen-bond donors (Lipinski definition) is 1. The second-order valence-corrected chi connectivity index (χ2v) is 6.04. The average molecular weight is 334 g/mol. The molecular weight excluding hydrogens is 314 g/mol. The van der Waals surface area contributed by atoms with E-state index in [-0.39, 0.29) is 0 Å². The van der Waals surface area contributed by atoms with Gasteiger partial charge in [-0.2, -0.15) is 0 Å². The van der Waals surface area contributed by atoms with Crippen molar-refractivity contribution in [2.75, 3.05) is 0 Å². The Morgan fingerprint density at radius 2 is 1.70 bits per heavy atom. The predicted octanol–water partition coefficient (Wildman–Crippen LogP) is 4.41. The van der Waals surface area contributed by atoms with E-state index in [0.29, 0.717) is 13.2 Å². The fourth-order valence-electron chi connectivity index (χ4n) is 2.44. The predicted molar refractivity (Wildman–Crippen MR) is 87.0 cm³/mol. The van der Waals surface area contributed by atoms with Crippen molar-refractivity contribution in [2.45, 2.75) is 33.9 Å². The second-order valence-electron chi connectivity index (χ2n) is 5.12. The first-order valence-corrected chi connectivity index (χ1v) is 7.48. The topological polar surface area (TPSA) is 35.2 Å². The van der Waals surface area contributed by atoms with Gasteiger partial charge in [0.25, 0.3) is 0 Å². The highest BCUT2D eigenvalue weighted by Crippen LogP contribution is 2.25. The number of nitrogens with two attached hydrogens (primary N) is 1. The Balaban J connectivity index is 2.21. The van der Waals surface area contributed by atoms with Gasteiger partial charge in [0.1, 0.15) is 12.4 Å². The zero-order chi connectivity index (χ0) is 14.7. The highest BCUT2D eigenvalue weighted by atomic mass is 79.9. The summed E-state index contributed by atoms with van der Waals surface area (Å²) in [5.74, 6) is 0.857. The van der Waals surface area contributed by atoms with Gasteiger partial charge in [-0.1, -0.05) is 33.6 Å². The van der Waals surface area contributed by atoms with Gasteiger partial charge in [0.15, 0.2) is 0 Å². The lowest BCUT2D eigenvalue weighted by atomic mass is 10.0. The summed E-state index contributed by atoms with van der Waals surface area (Å²) < 4.78 is 6.99. The Labute approximate surface area is 129 Å². The van der Waals surface area contributed by atoms with Crippen LogP contribution in [0.25, 0.3) is 0 Å². The first-order chi connectivity index (χ1) is 9.51. The van der Waals surface area contributed by atoms with E-state index in [1.165, 1.54) is 22.3 Å². The van der Waals surface area contributed by atoms with Gasteiger partial charge < -0.3 is 10.5 Å². The van der Waals surface area contributed by atoms with E-state index in [0.717, 1.165) is 15.8 Å². The lowest BCUT2D eigenvalue weighted by Crippen LogP contribution is -2.05. The molecule has 2 aromatic rings.